The molecule has 1 atom stereocenters. The molecule has 0 saturated heterocycles. The molecule has 0 radical (unpaired) electrons. The van der Waals surface area contributed by atoms with E-state index in [1.54, 1.807) is 18.0 Å². The smallest absolute Gasteiger partial charge is 0.155 e. The highest BCUT2D eigenvalue weighted by Crippen LogP contribution is 2.29. The molecule has 0 aromatic carbocycles. The summed E-state index contributed by atoms with van der Waals surface area (Å²) in [5.41, 5.74) is 5.31. The van der Waals surface area contributed by atoms with Gasteiger partial charge in [0.25, 0.3) is 0 Å². The third-order valence-electron chi connectivity index (χ3n) is 4.86. The van der Waals surface area contributed by atoms with Crippen molar-refractivity contribution in [2.45, 2.75) is 32.9 Å². The molecule has 0 fully saturated rings. The second kappa shape index (κ2) is 8.50. The van der Waals surface area contributed by atoms with Gasteiger partial charge in [-0.25, -0.2) is 14.5 Å². The van der Waals surface area contributed by atoms with Gasteiger partial charge in [-0.2, -0.15) is 5.10 Å². The summed E-state index contributed by atoms with van der Waals surface area (Å²) < 4.78 is 7.03. The number of aryl methyl sites for hydroxylation is 1. The standard InChI is InChI=1S/C21H25N7O/c1-4-16(12-29-3)22-10-18-26-20(15-8-9-19-23-13-24-28(19)11-15)21(27-18)17-7-5-6-14(2)25-17/h5-9,11,13,16,22H,4,10,12H2,1-3H3,(H,26,27). The molecule has 8 heteroatoms. The summed E-state index contributed by atoms with van der Waals surface area (Å²) in [6, 6.07) is 10.2. The number of hydrogen-bond donors (Lipinski definition) is 2. The van der Waals surface area contributed by atoms with Crippen molar-refractivity contribution < 1.29 is 4.74 Å². The van der Waals surface area contributed by atoms with Gasteiger partial charge in [-0.05, 0) is 37.6 Å². The van der Waals surface area contributed by atoms with Crippen molar-refractivity contribution in [3.05, 3.63) is 54.4 Å². The maximum absolute atomic E-state index is 5.28. The molecule has 4 heterocycles. The lowest BCUT2D eigenvalue weighted by Gasteiger charge is -2.14. The number of imidazole rings is 1. The molecule has 0 saturated carbocycles. The molecule has 0 aliphatic carbocycles. The number of aromatic amines is 1. The number of nitrogens with zero attached hydrogens (tertiary/aromatic N) is 5. The van der Waals surface area contributed by atoms with E-state index in [4.69, 9.17) is 9.72 Å². The first-order valence-corrected chi connectivity index (χ1v) is 9.73. The molecule has 0 aliphatic rings. The Balaban J connectivity index is 1.72. The van der Waals surface area contributed by atoms with E-state index < -0.39 is 0 Å². The molecule has 4 aromatic rings. The summed E-state index contributed by atoms with van der Waals surface area (Å²) in [5, 5.41) is 7.75. The maximum atomic E-state index is 5.28. The first-order chi connectivity index (χ1) is 14.2. The van der Waals surface area contributed by atoms with Crippen molar-refractivity contribution in [3.8, 4) is 22.6 Å². The monoisotopic (exact) mass is 391 g/mol. The average Bonchev–Trinajstić information content (AvgIpc) is 3.37. The molecule has 4 aromatic heterocycles. The van der Waals surface area contributed by atoms with Crippen LogP contribution in [0, 0.1) is 6.92 Å². The van der Waals surface area contributed by atoms with Crippen LogP contribution in [0.25, 0.3) is 28.3 Å². The fraction of sp³-hybridized carbons (Fsp3) is 0.333. The second-order valence-electron chi connectivity index (χ2n) is 6.99. The zero-order valence-electron chi connectivity index (χ0n) is 16.9. The van der Waals surface area contributed by atoms with E-state index in [-0.39, 0.29) is 6.04 Å². The van der Waals surface area contributed by atoms with Gasteiger partial charge in [0.1, 0.15) is 12.2 Å². The number of aromatic nitrogens is 6. The highest BCUT2D eigenvalue weighted by Gasteiger charge is 2.17. The summed E-state index contributed by atoms with van der Waals surface area (Å²) in [7, 11) is 1.72. The predicted molar refractivity (Wildman–Crippen MR) is 111 cm³/mol. The minimum Gasteiger partial charge on any atom is -0.383 e. The molecule has 150 valence electrons. The highest BCUT2D eigenvalue weighted by molar-refractivity contribution is 5.77. The topological polar surface area (TPSA) is 93.0 Å². The number of H-pyrrole nitrogens is 1. The van der Waals surface area contributed by atoms with Crippen LogP contribution in [0.3, 0.4) is 0 Å². The Morgan fingerprint density at radius 1 is 1.21 bits per heavy atom. The van der Waals surface area contributed by atoms with Crippen LogP contribution in [0.1, 0.15) is 24.9 Å². The number of rotatable bonds is 8. The number of methoxy groups -OCH3 is 1. The molecule has 0 bridgehead atoms. The summed E-state index contributed by atoms with van der Waals surface area (Å²) in [5.74, 6) is 0.853. The van der Waals surface area contributed by atoms with Gasteiger partial charge in [0.05, 0.1) is 30.2 Å². The fourth-order valence-corrected chi connectivity index (χ4v) is 3.30. The summed E-state index contributed by atoms with van der Waals surface area (Å²) in [4.78, 5) is 17.3. The fourth-order valence-electron chi connectivity index (χ4n) is 3.30. The molecule has 0 amide bonds. The van der Waals surface area contributed by atoms with Crippen LogP contribution in [0.4, 0.5) is 0 Å². The lowest BCUT2D eigenvalue weighted by molar-refractivity contribution is 0.163. The zero-order valence-corrected chi connectivity index (χ0v) is 16.9. The van der Waals surface area contributed by atoms with Crippen molar-refractivity contribution >= 4 is 5.65 Å². The summed E-state index contributed by atoms with van der Waals surface area (Å²) in [6.07, 6.45) is 4.47. The van der Waals surface area contributed by atoms with Crippen LogP contribution < -0.4 is 5.32 Å². The van der Waals surface area contributed by atoms with Gasteiger partial charge in [0.15, 0.2) is 5.65 Å². The SMILES string of the molecule is CCC(COC)NCc1nc(-c2ccc3ncnn3c2)c(-c2cccc(C)n2)[nH]1. The molecule has 2 N–H and O–H groups in total. The molecule has 0 spiro atoms. The Labute approximate surface area is 169 Å². The van der Waals surface area contributed by atoms with Crippen LogP contribution in [-0.2, 0) is 11.3 Å². The minimum absolute atomic E-state index is 0.278. The Bertz CT molecular complexity index is 1100. The molecule has 0 aliphatic heterocycles. The minimum atomic E-state index is 0.278. The third kappa shape index (κ3) is 4.18. The van der Waals surface area contributed by atoms with Gasteiger partial charge in [-0.15, -0.1) is 0 Å². The molecular formula is C21H25N7O. The van der Waals surface area contributed by atoms with E-state index in [1.165, 1.54) is 0 Å². The van der Waals surface area contributed by atoms with Crippen molar-refractivity contribution in [2.75, 3.05) is 13.7 Å². The lowest BCUT2D eigenvalue weighted by Crippen LogP contribution is -2.32. The quantitative estimate of drug-likeness (QED) is 0.480. The third-order valence-corrected chi connectivity index (χ3v) is 4.86. The second-order valence-corrected chi connectivity index (χ2v) is 6.99. The van der Waals surface area contributed by atoms with Gasteiger partial charge < -0.3 is 15.0 Å². The van der Waals surface area contributed by atoms with Crippen LogP contribution in [0.15, 0.2) is 42.9 Å². The molecule has 29 heavy (non-hydrogen) atoms. The van der Waals surface area contributed by atoms with Gasteiger partial charge in [-0.3, -0.25) is 4.98 Å². The number of pyridine rings is 2. The first kappa shape index (κ1) is 19.2. The summed E-state index contributed by atoms with van der Waals surface area (Å²) in [6.45, 7) is 5.41. The predicted octanol–water partition coefficient (Wildman–Crippen LogP) is 3.00. The van der Waals surface area contributed by atoms with E-state index in [9.17, 15) is 0 Å². The van der Waals surface area contributed by atoms with Crippen molar-refractivity contribution in [1.82, 2.24) is 34.9 Å². The van der Waals surface area contributed by atoms with Crippen molar-refractivity contribution in [1.29, 1.82) is 0 Å². The number of nitrogens with one attached hydrogen (secondary N) is 2. The van der Waals surface area contributed by atoms with E-state index >= 15 is 0 Å². The Morgan fingerprint density at radius 3 is 2.90 bits per heavy atom. The van der Waals surface area contributed by atoms with Crippen LogP contribution in [0.5, 0.6) is 0 Å². The molecule has 1 unspecified atom stereocenters. The van der Waals surface area contributed by atoms with Crippen LogP contribution >= 0.6 is 0 Å². The number of ether oxygens (including phenoxy) is 1. The Morgan fingerprint density at radius 2 is 2.10 bits per heavy atom. The lowest BCUT2D eigenvalue weighted by atomic mass is 10.1. The maximum Gasteiger partial charge on any atom is 0.155 e. The first-order valence-electron chi connectivity index (χ1n) is 9.73. The van der Waals surface area contributed by atoms with Crippen LogP contribution in [-0.4, -0.2) is 49.3 Å². The van der Waals surface area contributed by atoms with E-state index in [2.05, 4.69) is 32.3 Å². The van der Waals surface area contributed by atoms with Gasteiger partial charge in [0.2, 0.25) is 0 Å². The Hall–Kier alpha value is -3.10. The normalized spacial score (nSPS) is 12.5. The van der Waals surface area contributed by atoms with E-state index in [0.29, 0.717) is 13.2 Å². The van der Waals surface area contributed by atoms with Crippen molar-refractivity contribution in [2.24, 2.45) is 0 Å². The van der Waals surface area contributed by atoms with Crippen molar-refractivity contribution in [3.63, 3.8) is 0 Å². The molecule has 8 nitrogen and oxygen atoms in total. The Kier molecular flexibility index (Phi) is 5.64. The zero-order chi connectivity index (χ0) is 20.2. The molecular weight excluding hydrogens is 366 g/mol. The van der Waals surface area contributed by atoms with Gasteiger partial charge in [0, 0.05) is 30.6 Å². The average molecular weight is 391 g/mol. The van der Waals surface area contributed by atoms with Gasteiger partial charge >= 0.3 is 0 Å². The highest BCUT2D eigenvalue weighted by atomic mass is 16.5. The van der Waals surface area contributed by atoms with E-state index in [1.807, 2.05) is 43.5 Å². The number of hydrogen-bond acceptors (Lipinski definition) is 6. The van der Waals surface area contributed by atoms with Crippen LogP contribution in [0.2, 0.25) is 0 Å². The largest absolute Gasteiger partial charge is 0.383 e. The molecule has 4 rings (SSSR count). The van der Waals surface area contributed by atoms with E-state index in [0.717, 1.165) is 46.2 Å². The van der Waals surface area contributed by atoms with Gasteiger partial charge in [-0.1, -0.05) is 13.0 Å². The summed E-state index contributed by atoms with van der Waals surface area (Å²) >= 11 is 0. The number of fused-ring (bicyclic) bond motifs is 1.